The lowest BCUT2D eigenvalue weighted by Gasteiger charge is -2.49. The maximum atomic E-state index is 12.2. The fourth-order valence-electron chi connectivity index (χ4n) is 4.00. The first-order valence-corrected chi connectivity index (χ1v) is 8.08. The van der Waals surface area contributed by atoms with Crippen LogP contribution in [0.5, 0.6) is 0 Å². The zero-order valence-corrected chi connectivity index (χ0v) is 14.2. The molecule has 0 aromatic carbocycles. The zero-order chi connectivity index (χ0) is 15.9. The van der Waals surface area contributed by atoms with Gasteiger partial charge in [-0.2, -0.15) is 0 Å². The summed E-state index contributed by atoms with van der Waals surface area (Å²) in [6.45, 7) is 13.6. The number of likely N-dealkylation sites (N-methyl/N-ethyl adjacent to an activating group) is 1. The van der Waals surface area contributed by atoms with Gasteiger partial charge in [-0.1, -0.05) is 6.92 Å². The maximum absolute atomic E-state index is 12.2. The highest BCUT2D eigenvalue weighted by molar-refractivity contribution is 5.86. The van der Waals surface area contributed by atoms with Crippen LogP contribution in [0.25, 0.3) is 0 Å². The highest BCUT2D eigenvalue weighted by atomic mass is 16.5. The third kappa shape index (κ3) is 3.76. The minimum atomic E-state index is -0.585. The minimum Gasteiger partial charge on any atom is -0.368 e. The lowest BCUT2D eigenvalue weighted by molar-refractivity contribution is -0.184. The van der Waals surface area contributed by atoms with E-state index in [2.05, 4.69) is 37.9 Å². The first-order chi connectivity index (χ1) is 9.60. The van der Waals surface area contributed by atoms with Crippen molar-refractivity contribution >= 4 is 5.91 Å². The van der Waals surface area contributed by atoms with Gasteiger partial charge in [0.2, 0.25) is 5.91 Å². The fourth-order valence-corrected chi connectivity index (χ4v) is 4.00. The number of rotatable bonds is 6. The summed E-state index contributed by atoms with van der Waals surface area (Å²) in [7, 11) is 0. The zero-order valence-electron chi connectivity index (χ0n) is 14.2. The smallest absolute Gasteiger partial charge is 0.239 e. The van der Waals surface area contributed by atoms with Crippen LogP contribution in [-0.2, 0) is 9.53 Å². The van der Waals surface area contributed by atoms with E-state index in [4.69, 9.17) is 10.5 Å². The summed E-state index contributed by atoms with van der Waals surface area (Å²) in [4.78, 5) is 14.5. The van der Waals surface area contributed by atoms with Gasteiger partial charge in [-0.3, -0.25) is 9.69 Å². The summed E-state index contributed by atoms with van der Waals surface area (Å²) < 4.78 is 6.12. The van der Waals surface area contributed by atoms with Gasteiger partial charge in [0.05, 0.1) is 11.2 Å². The van der Waals surface area contributed by atoms with Crippen molar-refractivity contribution in [3.05, 3.63) is 0 Å². The molecule has 1 unspecified atom stereocenters. The molecule has 0 spiro atoms. The molecular weight excluding hydrogens is 266 g/mol. The van der Waals surface area contributed by atoms with E-state index in [-0.39, 0.29) is 17.1 Å². The van der Waals surface area contributed by atoms with Crippen LogP contribution in [0.2, 0.25) is 0 Å². The van der Waals surface area contributed by atoms with E-state index < -0.39 is 5.54 Å². The van der Waals surface area contributed by atoms with Crippen LogP contribution in [0, 0.1) is 5.92 Å². The molecule has 1 aliphatic carbocycles. The average Bonchev–Trinajstić information content (AvgIpc) is 3.06. The van der Waals surface area contributed by atoms with Gasteiger partial charge >= 0.3 is 0 Å². The standard InChI is InChI=1S/C16H31N3O2/c1-6-18-16(13(17)20,12-7-8-12)11-19-9-14(2,3)21-15(4,5)10-19/h12,18H,6-11H2,1-5H3,(H2,17,20). The molecule has 2 fully saturated rings. The van der Waals surface area contributed by atoms with Gasteiger partial charge in [0, 0.05) is 19.6 Å². The molecule has 2 aliphatic rings. The van der Waals surface area contributed by atoms with Crippen molar-refractivity contribution in [2.45, 2.75) is 64.2 Å². The molecule has 21 heavy (non-hydrogen) atoms. The Kier molecular flexibility index (Phi) is 4.40. The third-order valence-electron chi connectivity index (χ3n) is 4.44. The molecule has 0 aromatic rings. The summed E-state index contributed by atoms with van der Waals surface area (Å²) in [5, 5.41) is 3.40. The molecule has 0 bridgehead atoms. The van der Waals surface area contributed by atoms with Crippen LogP contribution in [0.3, 0.4) is 0 Å². The molecule has 0 radical (unpaired) electrons. The normalized spacial score (nSPS) is 28.0. The molecule has 122 valence electrons. The Morgan fingerprint density at radius 1 is 1.29 bits per heavy atom. The Bertz CT molecular complexity index is 388. The van der Waals surface area contributed by atoms with E-state index in [0.717, 1.165) is 32.5 Å². The van der Waals surface area contributed by atoms with Gasteiger partial charge in [0.1, 0.15) is 5.54 Å². The van der Waals surface area contributed by atoms with E-state index in [9.17, 15) is 4.79 Å². The van der Waals surface area contributed by atoms with Crippen LogP contribution < -0.4 is 11.1 Å². The van der Waals surface area contributed by atoms with Crippen LogP contribution in [-0.4, -0.2) is 53.7 Å². The van der Waals surface area contributed by atoms with E-state index in [0.29, 0.717) is 12.5 Å². The van der Waals surface area contributed by atoms with Crippen molar-refractivity contribution in [1.82, 2.24) is 10.2 Å². The Balaban J connectivity index is 2.18. The number of hydrogen-bond acceptors (Lipinski definition) is 4. The van der Waals surface area contributed by atoms with Crippen molar-refractivity contribution in [3.63, 3.8) is 0 Å². The number of carbonyl (C=O) groups excluding carboxylic acids is 1. The highest BCUT2D eigenvalue weighted by Crippen LogP contribution is 2.41. The Morgan fingerprint density at radius 2 is 1.81 bits per heavy atom. The number of nitrogens with one attached hydrogen (secondary N) is 1. The monoisotopic (exact) mass is 297 g/mol. The first-order valence-electron chi connectivity index (χ1n) is 8.08. The number of primary amides is 1. The summed E-state index contributed by atoms with van der Waals surface area (Å²) in [6, 6.07) is 0. The molecule has 1 saturated carbocycles. The lowest BCUT2D eigenvalue weighted by atomic mass is 9.89. The quantitative estimate of drug-likeness (QED) is 0.771. The number of morpholine rings is 1. The molecule has 1 amide bonds. The van der Waals surface area contributed by atoms with Crippen LogP contribution in [0.4, 0.5) is 0 Å². The van der Waals surface area contributed by atoms with Gasteiger partial charge in [0.15, 0.2) is 0 Å². The summed E-state index contributed by atoms with van der Waals surface area (Å²) in [6.07, 6.45) is 2.18. The van der Waals surface area contributed by atoms with Gasteiger partial charge in [0.25, 0.3) is 0 Å². The van der Waals surface area contributed by atoms with Crippen molar-refractivity contribution in [3.8, 4) is 0 Å². The van der Waals surface area contributed by atoms with E-state index in [1.807, 2.05) is 6.92 Å². The van der Waals surface area contributed by atoms with E-state index in [1.54, 1.807) is 0 Å². The summed E-state index contributed by atoms with van der Waals surface area (Å²) in [5.41, 5.74) is 4.79. The molecule has 0 aromatic heterocycles. The lowest BCUT2D eigenvalue weighted by Crippen LogP contribution is -2.67. The van der Waals surface area contributed by atoms with Crippen LogP contribution >= 0.6 is 0 Å². The second-order valence-electron chi connectivity index (χ2n) is 7.91. The van der Waals surface area contributed by atoms with Crippen molar-refractivity contribution in [2.24, 2.45) is 11.7 Å². The largest absolute Gasteiger partial charge is 0.368 e. The number of amides is 1. The topological polar surface area (TPSA) is 67.6 Å². The van der Waals surface area contributed by atoms with Crippen molar-refractivity contribution in [2.75, 3.05) is 26.2 Å². The number of carbonyl (C=O) groups is 1. The van der Waals surface area contributed by atoms with E-state index in [1.165, 1.54) is 0 Å². The molecule has 1 heterocycles. The van der Waals surface area contributed by atoms with Crippen LogP contribution in [0.15, 0.2) is 0 Å². The number of ether oxygens (including phenoxy) is 1. The van der Waals surface area contributed by atoms with Crippen LogP contribution in [0.1, 0.15) is 47.5 Å². The molecule has 2 rings (SSSR count). The first kappa shape index (κ1) is 16.7. The molecule has 1 saturated heterocycles. The predicted octanol–water partition coefficient (Wildman–Crippen LogP) is 1.12. The predicted molar refractivity (Wildman–Crippen MR) is 84.0 cm³/mol. The summed E-state index contributed by atoms with van der Waals surface area (Å²) >= 11 is 0. The van der Waals surface area contributed by atoms with Gasteiger partial charge in [-0.25, -0.2) is 0 Å². The molecule has 5 nitrogen and oxygen atoms in total. The number of nitrogens with two attached hydrogens (primary N) is 1. The Labute approximate surface area is 128 Å². The van der Waals surface area contributed by atoms with Crippen molar-refractivity contribution < 1.29 is 9.53 Å². The average molecular weight is 297 g/mol. The molecule has 5 heteroatoms. The fraction of sp³-hybridized carbons (Fsp3) is 0.938. The number of nitrogens with zero attached hydrogens (tertiary/aromatic N) is 1. The molecular formula is C16H31N3O2. The molecule has 1 atom stereocenters. The van der Waals surface area contributed by atoms with Gasteiger partial charge in [-0.15, -0.1) is 0 Å². The molecule has 3 N–H and O–H groups in total. The van der Waals surface area contributed by atoms with Crippen molar-refractivity contribution in [1.29, 1.82) is 0 Å². The SMILES string of the molecule is CCNC(CN1CC(C)(C)OC(C)(C)C1)(C(N)=O)C1CC1. The minimum absolute atomic E-state index is 0.207. The summed E-state index contributed by atoms with van der Waals surface area (Å²) in [5.74, 6) is 0.165. The second-order valence-corrected chi connectivity index (χ2v) is 7.91. The Morgan fingerprint density at radius 3 is 2.19 bits per heavy atom. The second kappa shape index (κ2) is 5.52. The third-order valence-corrected chi connectivity index (χ3v) is 4.44. The Hall–Kier alpha value is -0.650. The van der Waals surface area contributed by atoms with Gasteiger partial charge in [-0.05, 0) is 53.0 Å². The highest BCUT2D eigenvalue weighted by Gasteiger charge is 2.51. The maximum Gasteiger partial charge on any atom is 0.239 e. The molecule has 1 aliphatic heterocycles. The van der Waals surface area contributed by atoms with Gasteiger partial charge < -0.3 is 15.8 Å². The number of hydrogen-bond donors (Lipinski definition) is 2. The van der Waals surface area contributed by atoms with E-state index >= 15 is 0 Å².